The van der Waals surface area contributed by atoms with Crippen LogP contribution in [0, 0.1) is 0 Å². The molecule has 1 fully saturated rings. The Hall–Kier alpha value is -1.57. The summed E-state index contributed by atoms with van der Waals surface area (Å²) in [6.45, 7) is 0. The molecule has 0 atom stereocenters. The van der Waals surface area contributed by atoms with Gasteiger partial charge in [-0.3, -0.25) is 0 Å². The fourth-order valence-electron chi connectivity index (χ4n) is 2.97. The zero-order chi connectivity index (χ0) is 10.8. The van der Waals surface area contributed by atoms with Gasteiger partial charge in [-0.1, -0.05) is 43.2 Å². The summed E-state index contributed by atoms with van der Waals surface area (Å²) in [5.41, 5.74) is 2.89. The number of hydrogen-bond donors (Lipinski definition) is 1. The van der Waals surface area contributed by atoms with Crippen molar-refractivity contribution in [1.82, 2.24) is 9.97 Å². The van der Waals surface area contributed by atoms with Crippen LogP contribution < -0.4 is 0 Å². The van der Waals surface area contributed by atoms with E-state index in [9.17, 15) is 0 Å². The SMILES string of the molecule is c1ccc(C2(c3cnc[nH]3)CCCC2)cc1. The van der Waals surface area contributed by atoms with Gasteiger partial charge in [0.25, 0.3) is 0 Å². The van der Waals surface area contributed by atoms with E-state index in [0.717, 1.165) is 0 Å². The van der Waals surface area contributed by atoms with E-state index in [2.05, 4.69) is 40.3 Å². The molecule has 1 aromatic heterocycles. The summed E-state index contributed by atoms with van der Waals surface area (Å²) in [7, 11) is 0. The second-order valence-corrected chi connectivity index (χ2v) is 4.62. The Bertz CT molecular complexity index is 439. The van der Waals surface area contributed by atoms with Gasteiger partial charge in [-0.2, -0.15) is 0 Å². The molecule has 0 bridgehead atoms. The smallest absolute Gasteiger partial charge is 0.0922 e. The van der Waals surface area contributed by atoms with Gasteiger partial charge in [0.15, 0.2) is 0 Å². The Morgan fingerprint density at radius 3 is 2.44 bits per heavy atom. The van der Waals surface area contributed by atoms with Crippen molar-refractivity contribution in [3.8, 4) is 0 Å². The highest BCUT2D eigenvalue weighted by atomic mass is 14.9. The standard InChI is InChI=1S/C14H16N2/c1-2-6-12(7-3-1)14(8-4-5-9-14)13-10-15-11-16-13/h1-3,6-7,10-11H,4-5,8-9H2,(H,15,16). The third kappa shape index (κ3) is 1.37. The molecule has 16 heavy (non-hydrogen) atoms. The maximum Gasteiger partial charge on any atom is 0.0922 e. The lowest BCUT2D eigenvalue weighted by atomic mass is 9.76. The zero-order valence-electron chi connectivity index (χ0n) is 9.32. The third-order valence-corrected chi connectivity index (χ3v) is 3.80. The van der Waals surface area contributed by atoms with Gasteiger partial charge in [-0.15, -0.1) is 0 Å². The third-order valence-electron chi connectivity index (χ3n) is 3.80. The summed E-state index contributed by atoms with van der Waals surface area (Å²) < 4.78 is 0. The fourth-order valence-corrected chi connectivity index (χ4v) is 2.97. The van der Waals surface area contributed by atoms with E-state index in [1.807, 2.05) is 6.20 Å². The quantitative estimate of drug-likeness (QED) is 0.813. The minimum atomic E-state index is 0.192. The lowest BCUT2D eigenvalue weighted by Gasteiger charge is -2.28. The lowest BCUT2D eigenvalue weighted by Crippen LogP contribution is -2.24. The van der Waals surface area contributed by atoms with E-state index in [1.54, 1.807) is 6.33 Å². The van der Waals surface area contributed by atoms with Crippen LogP contribution in [0.4, 0.5) is 0 Å². The predicted molar refractivity (Wildman–Crippen MR) is 64.3 cm³/mol. The molecule has 1 N–H and O–H groups in total. The van der Waals surface area contributed by atoms with Crippen molar-refractivity contribution < 1.29 is 0 Å². The number of nitrogens with zero attached hydrogens (tertiary/aromatic N) is 1. The predicted octanol–water partition coefficient (Wildman–Crippen LogP) is 3.27. The summed E-state index contributed by atoms with van der Waals surface area (Å²) >= 11 is 0. The number of aromatic amines is 1. The van der Waals surface area contributed by atoms with Crippen LogP contribution in [-0.4, -0.2) is 9.97 Å². The maximum absolute atomic E-state index is 4.18. The molecule has 1 aliphatic rings. The molecule has 3 rings (SSSR count). The van der Waals surface area contributed by atoms with Crippen LogP contribution >= 0.6 is 0 Å². The van der Waals surface area contributed by atoms with Crippen LogP contribution in [0.15, 0.2) is 42.9 Å². The number of rotatable bonds is 2. The summed E-state index contributed by atoms with van der Waals surface area (Å²) in [5, 5.41) is 0. The van der Waals surface area contributed by atoms with Gasteiger partial charge in [0.05, 0.1) is 6.33 Å². The summed E-state index contributed by atoms with van der Waals surface area (Å²) in [4.78, 5) is 7.49. The first-order chi connectivity index (χ1) is 7.92. The molecule has 1 heterocycles. The molecular formula is C14H16N2. The van der Waals surface area contributed by atoms with Gasteiger partial charge in [-0.05, 0) is 18.4 Å². The molecule has 1 saturated carbocycles. The van der Waals surface area contributed by atoms with Crippen molar-refractivity contribution >= 4 is 0 Å². The molecule has 2 aromatic rings. The summed E-state index contributed by atoms with van der Waals surface area (Å²) in [5.74, 6) is 0. The van der Waals surface area contributed by atoms with Gasteiger partial charge in [0.2, 0.25) is 0 Å². The number of nitrogens with one attached hydrogen (secondary N) is 1. The van der Waals surface area contributed by atoms with E-state index in [1.165, 1.54) is 36.9 Å². The van der Waals surface area contributed by atoms with Crippen molar-refractivity contribution in [2.45, 2.75) is 31.1 Å². The largest absolute Gasteiger partial charge is 0.348 e. The molecule has 2 nitrogen and oxygen atoms in total. The minimum absolute atomic E-state index is 0.192. The Balaban J connectivity index is 2.11. The molecule has 1 aliphatic carbocycles. The Labute approximate surface area is 95.7 Å². The molecule has 0 spiro atoms. The number of imidazole rings is 1. The van der Waals surface area contributed by atoms with Crippen molar-refractivity contribution in [2.24, 2.45) is 0 Å². The van der Waals surface area contributed by atoms with Crippen molar-refractivity contribution in [2.75, 3.05) is 0 Å². The van der Waals surface area contributed by atoms with Crippen molar-refractivity contribution in [3.05, 3.63) is 54.1 Å². The van der Waals surface area contributed by atoms with Crippen LogP contribution in [0.1, 0.15) is 36.9 Å². The van der Waals surface area contributed by atoms with Gasteiger partial charge >= 0.3 is 0 Å². The monoisotopic (exact) mass is 212 g/mol. The first kappa shape index (κ1) is 9.64. The average molecular weight is 212 g/mol. The van der Waals surface area contributed by atoms with E-state index in [0.29, 0.717) is 0 Å². The molecule has 0 radical (unpaired) electrons. The Kier molecular flexibility index (Phi) is 2.28. The van der Waals surface area contributed by atoms with Gasteiger partial charge in [-0.25, -0.2) is 4.98 Å². The molecule has 0 aliphatic heterocycles. The minimum Gasteiger partial charge on any atom is -0.348 e. The van der Waals surface area contributed by atoms with Gasteiger partial charge < -0.3 is 4.98 Å². The number of H-pyrrole nitrogens is 1. The number of aromatic nitrogens is 2. The van der Waals surface area contributed by atoms with E-state index < -0.39 is 0 Å². The highest BCUT2D eigenvalue weighted by Crippen LogP contribution is 2.45. The maximum atomic E-state index is 4.18. The normalized spacial score (nSPS) is 18.8. The van der Waals surface area contributed by atoms with Crippen LogP contribution in [0.5, 0.6) is 0 Å². The van der Waals surface area contributed by atoms with Crippen LogP contribution in [0.2, 0.25) is 0 Å². The molecule has 0 amide bonds. The molecule has 82 valence electrons. The fraction of sp³-hybridized carbons (Fsp3) is 0.357. The highest BCUT2D eigenvalue weighted by Gasteiger charge is 2.38. The average Bonchev–Trinajstić information content (AvgIpc) is 3.02. The zero-order valence-corrected chi connectivity index (χ0v) is 9.32. The molecule has 0 unspecified atom stereocenters. The number of hydrogen-bond acceptors (Lipinski definition) is 1. The van der Waals surface area contributed by atoms with Crippen LogP contribution in [0.3, 0.4) is 0 Å². The first-order valence-corrected chi connectivity index (χ1v) is 5.96. The second-order valence-electron chi connectivity index (χ2n) is 4.62. The van der Waals surface area contributed by atoms with Crippen molar-refractivity contribution in [3.63, 3.8) is 0 Å². The molecule has 2 heteroatoms. The Morgan fingerprint density at radius 1 is 1.06 bits per heavy atom. The molecular weight excluding hydrogens is 196 g/mol. The highest BCUT2D eigenvalue weighted by molar-refractivity contribution is 5.35. The molecule has 1 aromatic carbocycles. The Morgan fingerprint density at radius 2 is 1.81 bits per heavy atom. The summed E-state index contributed by atoms with van der Waals surface area (Å²) in [6, 6.07) is 10.8. The van der Waals surface area contributed by atoms with Gasteiger partial charge in [0.1, 0.15) is 0 Å². The van der Waals surface area contributed by atoms with Crippen LogP contribution in [-0.2, 0) is 5.41 Å². The summed E-state index contributed by atoms with van der Waals surface area (Å²) in [6.07, 6.45) is 8.87. The second kappa shape index (κ2) is 3.78. The number of benzene rings is 1. The van der Waals surface area contributed by atoms with Gasteiger partial charge in [0, 0.05) is 17.3 Å². The lowest BCUT2D eigenvalue weighted by molar-refractivity contribution is 0.521. The van der Waals surface area contributed by atoms with E-state index >= 15 is 0 Å². The first-order valence-electron chi connectivity index (χ1n) is 5.96. The van der Waals surface area contributed by atoms with E-state index in [4.69, 9.17) is 0 Å². The van der Waals surface area contributed by atoms with Crippen LogP contribution in [0.25, 0.3) is 0 Å². The molecule has 0 saturated heterocycles. The van der Waals surface area contributed by atoms with E-state index in [-0.39, 0.29) is 5.41 Å². The van der Waals surface area contributed by atoms with Crippen molar-refractivity contribution in [1.29, 1.82) is 0 Å². The topological polar surface area (TPSA) is 28.7 Å².